The van der Waals surface area contributed by atoms with Crippen LogP contribution in [0.25, 0.3) is 0 Å². The number of fused-ring (bicyclic) bond motifs is 1. The van der Waals surface area contributed by atoms with Gasteiger partial charge in [0.25, 0.3) is 0 Å². The van der Waals surface area contributed by atoms with Crippen LogP contribution in [0.3, 0.4) is 0 Å². The Balaban J connectivity index is 1.58. The Labute approximate surface area is 121 Å². The third kappa shape index (κ3) is 3.31. The zero-order chi connectivity index (χ0) is 14.7. The molecule has 0 atom stereocenters. The lowest BCUT2D eigenvalue weighted by Crippen LogP contribution is -2.16. The van der Waals surface area contributed by atoms with Gasteiger partial charge in [-0.05, 0) is 35.4 Å². The second-order valence-corrected chi connectivity index (χ2v) is 4.83. The molecule has 1 N–H and O–H groups in total. The highest BCUT2D eigenvalue weighted by atomic mass is 19.2. The van der Waals surface area contributed by atoms with Gasteiger partial charge in [-0.15, -0.1) is 0 Å². The Bertz CT molecular complexity index is 646. The summed E-state index contributed by atoms with van der Waals surface area (Å²) >= 11 is 0. The molecule has 21 heavy (non-hydrogen) atoms. The second kappa shape index (κ2) is 6.10. The van der Waals surface area contributed by atoms with E-state index in [2.05, 4.69) is 5.32 Å². The van der Waals surface area contributed by atoms with Gasteiger partial charge in [0.15, 0.2) is 23.1 Å². The molecule has 0 fully saturated rings. The maximum Gasteiger partial charge on any atom is 0.161 e. The molecule has 5 heteroatoms. The summed E-state index contributed by atoms with van der Waals surface area (Å²) in [5.74, 6) is -0.154. The van der Waals surface area contributed by atoms with Crippen molar-refractivity contribution in [3.8, 4) is 11.5 Å². The van der Waals surface area contributed by atoms with Crippen LogP contribution in [0, 0.1) is 11.6 Å². The number of rotatable bonds is 4. The SMILES string of the molecule is Fc1ccc(CNCc2ccc3c(c2)OCCO3)cc1F. The van der Waals surface area contributed by atoms with Crippen LogP contribution in [0.1, 0.15) is 11.1 Å². The van der Waals surface area contributed by atoms with Crippen molar-refractivity contribution in [3.63, 3.8) is 0 Å². The first-order valence-corrected chi connectivity index (χ1v) is 6.75. The van der Waals surface area contributed by atoms with E-state index in [0.29, 0.717) is 31.9 Å². The van der Waals surface area contributed by atoms with Crippen molar-refractivity contribution in [2.24, 2.45) is 0 Å². The summed E-state index contributed by atoms with van der Waals surface area (Å²) in [6.07, 6.45) is 0. The van der Waals surface area contributed by atoms with E-state index in [1.165, 1.54) is 6.07 Å². The van der Waals surface area contributed by atoms with Gasteiger partial charge in [0.1, 0.15) is 13.2 Å². The minimum absolute atomic E-state index is 0.464. The molecule has 2 aromatic carbocycles. The van der Waals surface area contributed by atoms with Crippen LogP contribution in [-0.2, 0) is 13.1 Å². The van der Waals surface area contributed by atoms with E-state index < -0.39 is 11.6 Å². The minimum atomic E-state index is -0.828. The number of nitrogens with one attached hydrogen (secondary N) is 1. The number of halogens is 2. The lowest BCUT2D eigenvalue weighted by atomic mass is 10.1. The number of hydrogen-bond acceptors (Lipinski definition) is 3. The highest BCUT2D eigenvalue weighted by molar-refractivity contribution is 5.43. The summed E-state index contributed by atoms with van der Waals surface area (Å²) in [4.78, 5) is 0. The van der Waals surface area contributed by atoms with Gasteiger partial charge in [-0.3, -0.25) is 0 Å². The molecule has 1 aliphatic heterocycles. The largest absolute Gasteiger partial charge is 0.486 e. The number of benzene rings is 2. The Morgan fingerprint density at radius 1 is 0.810 bits per heavy atom. The molecule has 0 unspecified atom stereocenters. The van der Waals surface area contributed by atoms with Crippen molar-refractivity contribution in [2.45, 2.75) is 13.1 Å². The molecule has 3 rings (SSSR count). The summed E-state index contributed by atoms with van der Waals surface area (Å²) in [5.41, 5.74) is 1.74. The Morgan fingerprint density at radius 3 is 2.24 bits per heavy atom. The van der Waals surface area contributed by atoms with Gasteiger partial charge >= 0.3 is 0 Å². The van der Waals surface area contributed by atoms with Crippen LogP contribution < -0.4 is 14.8 Å². The Hall–Kier alpha value is -2.14. The van der Waals surface area contributed by atoms with Gasteiger partial charge in [-0.25, -0.2) is 8.78 Å². The minimum Gasteiger partial charge on any atom is -0.486 e. The third-order valence-electron chi connectivity index (χ3n) is 3.25. The predicted octanol–water partition coefficient (Wildman–Crippen LogP) is 3.03. The predicted molar refractivity (Wildman–Crippen MR) is 74.3 cm³/mol. The van der Waals surface area contributed by atoms with Crippen molar-refractivity contribution < 1.29 is 18.3 Å². The molecular formula is C16H15F2NO2. The van der Waals surface area contributed by atoms with Crippen LogP contribution in [0.2, 0.25) is 0 Å². The zero-order valence-electron chi connectivity index (χ0n) is 11.4. The van der Waals surface area contributed by atoms with Crippen LogP contribution >= 0.6 is 0 Å². The van der Waals surface area contributed by atoms with Crippen molar-refractivity contribution in [1.82, 2.24) is 5.32 Å². The molecule has 0 amide bonds. The highest BCUT2D eigenvalue weighted by Crippen LogP contribution is 2.30. The molecule has 0 radical (unpaired) electrons. The number of ether oxygens (including phenoxy) is 2. The molecule has 0 spiro atoms. The molecule has 1 heterocycles. The first-order chi connectivity index (χ1) is 10.2. The maximum absolute atomic E-state index is 13.1. The van der Waals surface area contributed by atoms with Crippen molar-refractivity contribution >= 4 is 0 Å². The molecule has 3 nitrogen and oxygen atoms in total. The highest BCUT2D eigenvalue weighted by Gasteiger charge is 2.11. The topological polar surface area (TPSA) is 30.5 Å². The summed E-state index contributed by atoms with van der Waals surface area (Å²) in [7, 11) is 0. The zero-order valence-corrected chi connectivity index (χ0v) is 11.4. The molecule has 0 bridgehead atoms. The summed E-state index contributed by atoms with van der Waals surface area (Å²) in [6, 6.07) is 9.65. The average molecular weight is 291 g/mol. The van der Waals surface area contributed by atoms with Gasteiger partial charge in [0.05, 0.1) is 0 Å². The molecule has 0 saturated heterocycles. The van der Waals surface area contributed by atoms with E-state index in [9.17, 15) is 8.78 Å². The van der Waals surface area contributed by atoms with Gasteiger partial charge < -0.3 is 14.8 Å². The third-order valence-corrected chi connectivity index (χ3v) is 3.25. The first-order valence-electron chi connectivity index (χ1n) is 6.75. The number of hydrogen-bond donors (Lipinski definition) is 1. The Morgan fingerprint density at radius 2 is 1.48 bits per heavy atom. The lowest BCUT2D eigenvalue weighted by molar-refractivity contribution is 0.171. The van der Waals surface area contributed by atoms with E-state index in [4.69, 9.17) is 9.47 Å². The first kappa shape index (κ1) is 13.8. The van der Waals surface area contributed by atoms with Crippen LogP contribution in [0.4, 0.5) is 8.78 Å². The summed E-state index contributed by atoms with van der Waals surface area (Å²) in [5, 5.41) is 3.19. The monoisotopic (exact) mass is 291 g/mol. The normalized spacial score (nSPS) is 13.2. The molecule has 1 aliphatic rings. The molecule has 2 aromatic rings. The van der Waals surface area contributed by atoms with Crippen molar-refractivity contribution in [3.05, 3.63) is 59.2 Å². The maximum atomic E-state index is 13.1. The standard InChI is InChI=1S/C16H15F2NO2/c17-13-3-1-11(7-14(13)18)9-19-10-12-2-4-15-16(8-12)21-6-5-20-15/h1-4,7-8,19H,5-6,9-10H2. The van der Waals surface area contributed by atoms with Crippen LogP contribution in [0.5, 0.6) is 11.5 Å². The average Bonchev–Trinajstić information content (AvgIpc) is 2.51. The summed E-state index contributed by atoms with van der Waals surface area (Å²) in [6.45, 7) is 2.20. The van der Waals surface area contributed by atoms with E-state index in [1.54, 1.807) is 6.07 Å². The van der Waals surface area contributed by atoms with Crippen LogP contribution in [-0.4, -0.2) is 13.2 Å². The van der Waals surface area contributed by atoms with Crippen LogP contribution in [0.15, 0.2) is 36.4 Å². The second-order valence-electron chi connectivity index (χ2n) is 4.83. The fraction of sp³-hybridized carbons (Fsp3) is 0.250. The van der Waals surface area contributed by atoms with E-state index >= 15 is 0 Å². The lowest BCUT2D eigenvalue weighted by Gasteiger charge is -2.19. The fourth-order valence-electron chi connectivity index (χ4n) is 2.20. The molecule has 0 aromatic heterocycles. The van der Waals surface area contributed by atoms with Gasteiger partial charge in [-0.1, -0.05) is 12.1 Å². The van der Waals surface area contributed by atoms with E-state index in [0.717, 1.165) is 23.1 Å². The molecular weight excluding hydrogens is 276 g/mol. The molecule has 110 valence electrons. The van der Waals surface area contributed by atoms with Gasteiger partial charge in [-0.2, -0.15) is 0 Å². The van der Waals surface area contributed by atoms with E-state index in [-0.39, 0.29) is 0 Å². The summed E-state index contributed by atoms with van der Waals surface area (Å²) < 4.78 is 36.9. The van der Waals surface area contributed by atoms with Gasteiger partial charge in [0, 0.05) is 13.1 Å². The molecule has 0 saturated carbocycles. The van der Waals surface area contributed by atoms with Gasteiger partial charge in [0.2, 0.25) is 0 Å². The smallest absolute Gasteiger partial charge is 0.161 e. The quantitative estimate of drug-likeness (QED) is 0.939. The fourth-order valence-corrected chi connectivity index (χ4v) is 2.20. The van der Waals surface area contributed by atoms with Crippen molar-refractivity contribution in [2.75, 3.05) is 13.2 Å². The molecule has 0 aliphatic carbocycles. The van der Waals surface area contributed by atoms with E-state index in [1.807, 2.05) is 18.2 Å². The van der Waals surface area contributed by atoms with Crippen molar-refractivity contribution in [1.29, 1.82) is 0 Å². The Kier molecular flexibility index (Phi) is 4.01.